The number of benzene rings is 2. The maximum Gasteiger partial charge on any atom is 0.247 e. The van der Waals surface area contributed by atoms with Gasteiger partial charge in [0.25, 0.3) is 0 Å². The molecule has 31 heavy (non-hydrogen) atoms. The van der Waals surface area contributed by atoms with Crippen LogP contribution in [0, 0.1) is 6.92 Å². The van der Waals surface area contributed by atoms with Crippen LogP contribution in [-0.4, -0.2) is 40.7 Å². The van der Waals surface area contributed by atoms with Crippen molar-refractivity contribution in [3.63, 3.8) is 0 Å². The molecule has 2 aliphatic rings. The smallest absolute Gasteiger partial charge is 0.247 e. The lowest BCUT2D eigenvalue weighted by Crippen LogP contribution is -2.49. The first-order chi connectivity index (χ1) is 14.9. The number of hydrogen-bond acceptors (Lipinski definition) is 3. The van der Waals surface area contributed by atoms with Crippen molar-refractivity contribution >= 4 is 29.1 Å². The largest absolute Gasteiger partial charge is 0.331 e. The Morgan fingerprint density at radius 1 is 1.13 bits per heavy atom. The lowest BCUT2D eigenvalue weighted by molar-refractivity contribution is -0.138. The minimum Gasteiger partial charge on any atom is -0.331 e. The van der Waals surface area contributed by atoms with Crippen LogP contribution in [0.15, 0.2) is 36.4 Å². The average molecular weight is 440 g/mol. The number of aryl methyl sites for hydroxylation is 1. The minimum absolute atomic E-state index is 0.0445. The highest BCUT2D eigenvalue weighted by molar-refractivity contribution is 6.31. The van der Waals surface area contributed by atoms with E-state index in [4.69, 9.17) is 11.6 Å². The topological polar surface area (TPSA) is 52.7 Å². The molecule has 0 unspecified atom stereocenters. The van der Waals surface area contributed by atoms with Gasteiger partial charge in [0.1, 0.15) is 6.04 Å². The van der Waals surface area contributed by atoms with E-state index in [1.807, 2.05) is 12.1 Å². The number of rotatable bonds is 4. The first-order valence-electron chi connectivity index (χ1n) is 11.1. The lowest BCUT2D eigenvalue weighted by Gasteiger charge is -2.34. The molecule has 164 valence electrons. The van der Waals surface area contributed by atoms with Gasteiger partial charge in [-0.3, -0.25) is 14.5 Å². The molecule has 0 radical (unpaired) electrons. The van der Waals surface area contributed by atoms with Crippen molar-refractivity contribution in [2.75, 3.05) is 18.4 Å². The number of amides is 2. The van der Waals surface area contributed by atoms with Crippen molar-refractivity contribution in [3.05, 3.63) is 63.7 Å². The Hall–Kier alpha value is -2.37. The Balaban J connectivity index is 1.44. The summed E-state index contributed by atoms with van der Waals surface area (Å²) in [4.78, 5) is 28.9. The van der Waals surface area contributed by atoms with Crippen LogP contribution in [0.5, 0.6) is 0 Å². The summed E-state index contributed by atoms with van der Waals surface area (Å²) in [6.45, 7) is 6.94. The van der Waals surface area contributed by atoms with Crippen LogP contribution in [0.2, 0.25) is 5.02 Å². The van der Waals surface area contributed by atoms with Gasteiger partial charge < -0.3 is 10.2 Å². The predicted octanol–water partition coefficient (Wildman–Crippen LogP) is 4.55. The first-order valence-corrected chi connectivity index (χ1v) is 11.5. The Morgan fingerprint density at radius 3 is 2.65 bits per heavy atom. The third kappa shape index (κ3) is 5.10. The van der Waals surface area contributed by atoms with Gasteiger partial charge in [-0.2, -0.15) is 0 Å². The number of nitrogens with zero attached hydrogens (tertiary/aromatic N) is 2. The molecule has 1 saturated heterocycles. The van der Waals surface area contributed by atoms with E-state index in [2.05, 4.69) is 41.4 Å². The van der Waals surface area contributed by atoms with Crippen molar-refractivity contribution in [1.82, 2.24) is 9.80 Å². The molecule has 5 nitrogen and oxygen atoms in total. The summed E-state index contributed by atoms with van der Waals surface area (Å²) in [6, 6.07) is 12.1. The normalized spacial score (nSPS) is 19.1. The second kappa shape index (κ2) is 9.41. The number of carbonyl (C=O) groups is 2. The van der Waals surface area contributed by atoms with Crippen LogP contribution in [0.25, 0.3) is 0 Å². The number of fused-ring (bicyclic) bond motifs is 1. The number of likely N-dealkylation sites (tertiary alicyclic amines) is 1. The molecule has 2 aromatic rings. The summed E-state index contributed by atoms with van der Waals surface area (Å²) in [6.07, 6.45) is 3.52. The third-order valence-corrected chi connectivity index (χ3v) is 6.71. The Labute approximate surface area is 189 Å². The summed E-state index contributed by atoms with van der Waals surface area (Å²) in [5.74, 6) is -0.167. The Morgan fingerprint density at radius 2 is 1.90 bits per heavy atom. The number of anilines is 1. The van der Waals surface area contributed by atoms with Gasteiger partial charge in [0.05, 0.1) is 0 Å². The molecule has 1 fully saturated rings. The maximum atomic E-state index is 12.9. The highest BCUT2D eigenvalue weighted by Gasteiger charge is 2.30. The minimum atomic E-state index is -0.397. The molecule has 2 aromatic carbocycles. The van der Waals surface area contributed by atoms with Crippen LogP contribution in [0.4, 0.5) is 5.69 Å². The zero-order valence-electron chi connectivity index (χ0n) is 18.3. The Bertz CT molecular complexity index is 973. The molecule has 0 spiro atoms. The average Bonchev–Trinajstić information content (AvgIpc) is 2.76. The molecule has 0 aliphatic carbocycles. The van der Waals surface area contributed by atoms with E-state index in [0.29, 0.717) is 18.0 Å². The van der Waals surface area contributed by atoms with Crippen LogP contribution < -0.4 is 5.32 Å². The molecule has 2 heterocycles. The van der Waals surface area contributed by atoms with Crippen molar-refractivity contribution in [1.29, 1.82) is 0 Å². The van der Waals surface area contributed by atoms with Gasteiger partial charge in [-0.05, 0) is 61.4 Å². The van der Waals surface area contributed by atoms with Crippen LogP contribution in [-0.2, 0) is 29.1 Å². The summed E-state index contributed by atoms with van der Waals surface area (Å²) < 4.78 is 0. The molecular formula is C25H30ClN3O2. The van der Waals surface area contributed by atoms with Gasteiger partial charge >= 0.3 is 0 Å². The fourth-order valence-corrected chi connectivity index (χ4v) is 4.94. The van der Waals surface area contributed by atoms with Crippen LogP contribution >= 0.6 is 11.6 Å². The zero-order chi connectivity index (χ0) is 22.0. The molecule has 1 atom stereocenters. The van der Waals surface area contributed by atoms with E-state index >= 15 is 0 Å². The van der Waals surface area contributed by atoms with E-state index in [1.54, 1.807) is 4.90 Å². The van der Waals surface area contributed by atoms with E-state index < -0.39 is 6.04 Å². The Kier molecular flexibility index (Phi) is 6.63. The van der Waals surface area contributed by atoms with E-state index in [-0.39, 0.29) is 11.8 Å². The number of carbonyl (C=O) groups excluding carboxylic acids is 2. The quantitative estimate of drug-likeness (QED) is 0.760. The van der Waals surface area contributed by atoms with Gasteiger partial charge in [-0.25, -0.2) is 0 Å². The fraction of sp³-hybridized carbons (Fsp3) is 0.440. The van der Waals surface area contributed by atoms with Gasteiger partial charge in [0, 0.05) is 43.8 Å². The SMILES string of the molecule is CC(=O)N1CCCC[C@@H]1C(=O)Nc1cc(Cl)c2c(c1)CCN(Cc1ccc(C)cc1)C2. The second-order valence-corrected chi connectivity index (χ2v) is 9.16. The van der Waals surface area contributed by atoms with Crippen molar-refractivity contribution in [3.8, 4) is 0 Å². The molecule has 0 aromatic heterocycles. The standard InChI is InChI=1S/C25H30ClN3O2/c1-17-6-8-19(9-7-17)15-28-12-10-20-13-21(14-23(26)22(20)16-28)27-25(31)24-5-3-4-11-29(24)18(2)30/h6-9,13-14,24H,3-5,10-12,15-16H2,1-2H3,(H,27,31)/t24-/m1/s1. The highest BCUT2D eigenvalue weighted by atomic mass is 35.5. The summed E-state index contributed by atoms with van der Waals surface area (Å²) >= 11 is 6.64. The summed E-state index contributed by atoms with van der Waals surface area (Å²) in [5, 5.41) is 3.70. The molecule has 6 heteroatoms. The number of hydrogen-bond donors (Lipinski definition) is 1. The van der Waals surface area contributed by atoms with Crippen LogP contribution in [0.1, 0.15) is 48.4 Å². The lowest BCUT2D eigenvalue weighted by atomic mass is 9.97. The van der Waals surface area contributed by atoms with Gasteiger partial charge in [0.2, 0.25) is 11.8 Å². The molecule has 2 aliphatic heterocycles. The molecule has 0 saturated carbocycles. The van der Waals surface area contributed by atoms with E-state index in [9.17, 15) is 9.59 Å². The predicted molar refractivity (Wildman–Crippen MR) is 124 cm³/mol. The van der Waals surface area contributed by atoms with Crippen molar-refractivity contribution < 1.29 is 9.59 Å². The zero-order valence-corrected chi connectivity index (χ0v) is 19.0. The molecule has 0 bridgehead atoms. The molecule has 2 amide bonds. The molecule has 4 rings (SSSR count). The van der Waals surface area contributed by atoms with Gasteiger partial charge in [-0.1, -0.05) is 41.4 Å². The maximum absolute atomic E-state index is 12.9. The number of nitrogens with one attached hydrogen (secondary N) is 1. The monoisotopic (exact) mass is 439 g/mol. The molecular weight excluding hydrogens is 410 g/mol. The van der Waals surface area contributed by atoms with Crippen molar-refractivity contribution in [2.45, 2.75) is 58.7 Å². The van der Waals surface area contributed by atoms with E-state index in [1.165, 1.54) is 23.6 Å². The second-order valence-electron chi connectivity index (χ2n) is 8.76. The molecule has 1 N–H and O–H groups in total. The number of halogens is 1. The van der Waals surface area contributed by atoms with Crippen LogP contribution in [0.3, 0.4) is 0 Å². The first kappa shape index (κ1) is 21.8. The van der Waals surface area contributed by atoms with Gasteiger partial charge in [-0.15, -0.1) is 0 Å². The highest BCUT2D eigenvalue weighted by Crippen LogP contribution is 2.31. The van der Waals surface area contributed by atoms with Crippen molar-refractivity contribution in [2.24, 2.45) is 0 Å². The van der Waals surface area contributed by atoms with Gasteiger partial charge in [0.15, 0.2) is 0 Å². The number of piperidine rings is 1. The fourth-order valence-electron chi connectivity index (χ4n) is 4.64. The third-order valence-electron chi connectivity index (χ3n) is 6.37. The van der Waals surface area contributed by atoms with E-state index in [0.717, 1.165) is 50.1 Å². The summed E-state index contributed by atoms with van der Waals surface area (Å²) in [5.41, 5.74) is 5.62. The summed E-state index contributed by atoms with van der Waals surface area (Å²) in [7, 11) is 0.